The second-order valence-electron chi connectivity index (χ2n) is 14.0. The van der Waals surface area contributed by atoms with Gasteiger partial charge in [0.05, 0.1) is 0 Å². The van der Waals surface area contributed by atoms with Gasteiger partial charge < -0.3 is 10.0 Å². The molecule has 2 fully saturated rings. The summed E-state index contributed by atoms with van der Waals surface area (Å²) in [7, 11) is 1.92. The Morgan fingerprint density at radius 2 is 1.63 bits per heavy atom. The summed E-state index contributed by atoms with van der Waals surface area (Å²) in [6.45, 7) is 8.29. The second kappa shape index (κ2) is 14.1. The van der Waals surface area contributed by atoms with Gasteiger partial charge in [-0.3, -0.25) is 0 Å². The number of unbranched alkanes of at least 4 members (excludes halogenated alkanes) is 2. The molecule has 46 heavy (non-hydrogen) atoms. The van der Waals surface area contributed by atoms with Gasteiger partial charge in [0, 0.05) is 6.42 Å². The van der Waals surface area contributed by atoms with E-state index in [1.807, 2.05) is 19.2 Å². The Morgan fingerprint density at radius 3 is 2.33 bits per heavy atom. The number of phenolic OH excluding ortho intramolecular Hbond substituents is 1. The van der Waals surface area contributed by atoms with Crippen LogP contribution in [0, 0.1) is 23.2 Å². The van der Waals surface area contributed by atoms with Crippen molar-refractivity contribution in [2.45, 2.75) is 107 Å². The van der Waals surface area contributed by atoms with Gasteiger partial charge in [-0.25, -0.2) is 0 Å². The molecule has 2 saturated carbocycles. The summed E-state index contributed by atoms with van der Waals surface area (Å²) in [6.07, 6.45) is 1.79. The first kappa shape index (κ1) is 37.3. The lowest BCUT2D eigenvalue weighted by atomic mass is 9.52. The van der Waals surface area contributed by atoms with Crippen molar-refractivity contribution >= 4 is 11.8 Å². The van der Waals surface area contributed by atoms with E-state index in [-0.39, 0.29) is 11.2 Å². The summed E-state index contributed by atoms with van der Waals surface area (Å²) >= 11 is 0.828. The highest BCUT2D eigenvalue weighted by Crippen LogP contribution is 2.64. The number of allylic oxidation sites excluding steroid dienone is 1. The fraction of sp³-hybridized carbons (Fsp3) is 0.765. The topological polar surface area (TPSA) is 23.5 Å². The molecule has 0 aliphatic heterocycles. The van der Waals surface area contributed by atoms with Crippen LogP contribution in [0.4, 0.5) is 39.5 Å². The summed E-state index contributed by atoms with van der Waals surface area (Å²) < 4.78 is 117. The van der Waals surface area contributed by atoms with E-state index in [0.717, 1.165) is 63.3 Å². The van der Waals surface area contributed by atoms with E-state index in [0.29, 0.717) is 42.4 Å². The smallest absolute Gasteiger partial charge is 0.460 e. The van der Waals surface area contributed by atoms with Crippen LogP contribution in [0.3, 0.4) is 0 Å². The molecule has 2 nitrogen and oxygen atoms in total. The molecule has 1 N–H and O–H groups in total. The molecule has 0 saturated heterocycles. The maximum Gasteiger partial charge on any atom is 0.460 e. The predicted octanol–water partition coefficient (Wildman–Crippen LogP) is 10.5. The standard InChI is InChI=1S/C34H46F9NOS/c1-22-9-12-28-29-23(20-24-21-25(45)10-11-26(24)27(29)13-14-30(22,28)2)8-5-4-6-16-44(3)17-7-18-46-19-15-31(35,36)32(37,38)33(39,40)34(41,42)43/h10-11,21,23,27-29,45H,1,4-9,12-20H2,2-3H3. The Kier molecular flexibility index (Phi) is 11.4. The third kappa shape index (κ3) is 7.37. The van der Waals surface area contributed by atoms with Gasteiger partial charge in [0.2, 0.25) is 0 Å². The minimum absolute atomic E-state index is 0.211. The minimum Gasteiger partial charge on any atom is -0.508 e. The molecule has 262 valence electrons. The zero-order valence-corrected chi connectivity index (χ0v) is 27.4. The van der Waals surface area contributed by atoms with Crippen LogP contribution in [-0.4, -0.2) is 65.6 Å². The van der Waals surface area contributed by atoms with E-state index < -0.39 is 36.1 Å². The Hall–Kier alpha value is -1.56. The fourth-order valence-electron chi connectivity index (χ4n) is 8.35. The number of alkyl halides is 9. The van der Waals surface area contributed by atoms with Crippen LogP contribution in [0.25, 0.3) is 0 Å². The number of hydrogen-bond acceptors (Lipinski definition) is 3. The normalized spacial score (nSPS) is 27.1. The highest BCUT2D eigenvalue weighted by molar-refractivity contribution is 7.99. The number of fused-ring (bicyclic) bond motifs is 5. The Balaban J connectivity index is 1.17. The van der Waals surface area contributed by atoms with Crippen molar-refractivity contribution in [3.8, 4) is 5.75 Å². The quantitative estimate of drug-likeness (QED) is 0.113. The third-order valence-corrected chi connectivity index (χ3v) is 12.1. The average molecular weight is 688 g/mol. The monoisotopic (exact) mass is 687 g/mol. The van der Waals surface area contributed by atoms with Crippen LogP contribution in [0.2, 0.25) is 0 Å². The lowest BCUT2D eigenvalue weighted by Crippen LogP contribution is -2.60. The van der Waals surface area contributed by atoms with Crippen LogP contribution < -0.4 is 0 Å². The first-order valence-electron chi connectivity index (χ1n) is 16.3. The number of halogens is 9. The maximum atomic E-state index is 13.7. The molecule has 1 aromatic carbocycles. The fourth-order valence-corrected chi connectivity index (χ4v) is 9.29. The van der Waals surface area contributed by atoms with Gasteiger partial charge >= 0.3 is 23.9 Å². The predicted molar refractivity (Wildman–Crippen MR) is 164 cm³/mol. The van der Waals surface area contributed by atoms with Crippen molar-refractivity contribution in [2.24, 2.45) is 23.2 Å². The SMILES string of the molecule is C=C1CCC2C3C(CCCCCN(C)CCCSCCC(F)(F)C(F)(F)C(F)(F)C(F)(F)F)Cc4cc(O)ccc4C3CCC12C. The van der Waals surface area contributed by atoms with E-state index in [2.05, 4.69) is 24.5 Å². The number of phenols is 1. The highest BCUT2D eigenvalue weighted by atomic mass is 32.2. The Bertz CT molecular complexity index is 1210. The summed E-state index contributed by atoms with van der Waals surface area (Å²) in [5.41, 5.74) is 4.30. The Labute approximate surface area is 270 Å². The summed E-state index contributed by atoms with van der Waals surface area (Å²) in [5.74, 6) is -16.6. The van der Waals surface area contributed by atoms with Crippen molar-refractivity contribution in [1.82, 2.24) is 4.90 Å². The molecular formula is C34H46F9NOS. The molecule has 0 heterocycles. The molecule has 12 heteroatoms. The molecule has 5 atom stereocenters. The van der Waals surface area contributed by atoms with Crippen molar-refractivity contribution in [2.75, 3.05) is 31.6 Å². The van der Waals surface area contributed by atoms with Crippen molar-refractivity contribution in [1.29, 1.82) is 0 Å². The molecule has 0 radical (unpaired) electrons. The first-order chi connectivity index (χ1) is 21.3. The van der Waals surface area contributed by atoms with Gasteiger partial charge in [0.1, 0.15) is 5.75 Å². The number of aromatic hydroxyl groups is 1. The van der Waals surface area contributed by atoms with E-state index in [4.69, 9.17) is 0 Å². The van der Waals surface area contributed by atoms with E-state index in [1.54, 1.807) is 0 Å². The van der Waals surface area contributed by atoms with Gasteiger partial charge in [0.15, 0.2) is 0 Å². The van der Waals surface area contributed by atoms with Crippen molar-refractivity contribution in [3.63, 3.8) is 0 Å². The van der Waals surface area contributed by atoms with Gasteiger partial charge in [-0.05, 0) is 135 Å². The maximum absolute atomic E-state index is 13.7. The average Bonchev–Trinajstić information content (AvgIpc) is 3.27. The largest absolute Gasteiger partial charge is 0.508 e. The molecule has 0 amide bonds. The zero-order valence-electron chi connectivity index (χ0n) is 26.6. The van der Waals surface area contributed by atoms with Gasteiger partial charge in [-0.1, -0.05) is 38.0 Å². The highest BCUT2D eigenvalue weighted by Gasteiger charge is 2.81. The van der Waals surface area contributed by atoms with Gasteiger partial charge in [0.25, 0.3) is 0 Å². The van der Waals surface area contributed by atoms with Crippen LogP contribution in [0.15, 0.2) is 30.4 Å². The first-order valence-corrected chi connectivity index (χ1v) is 17.5. The number of rotatable bonds is 15. The van der Waals surface area contributed by atoms with E-state index in [1.165, 1.54) is 29.5 Å². The molecule has 5 unspecified atom stereocenters. The molecule has 0 spiro atoms. The molecule has 0 bridgehead atoms. The van der Waals surface area contributed by atoms with Crippen molar-refractivity contribution < 1.29 is 44.6 Å². The molecule has 3 aliphatic carbocycles. The minimum atomic E-state index is -6.83. The third-order valence-electron chi connectivity index (χ3n) is 11.1. The van der Waals surface area contributed by atoms with Crippen molar-refractivity contribution in [3.05, 3.63) is 41.5 Å². The molecule has 1 aromatic rings. The molecule has 4 rings (SSSR count). The zero-order chi connectivity index (χ0) is 34.1. The van der Waals surface area contributed by atoms with Crippen LogP contribution in [0.5, 0.6) is 5.75 Å². The Morgan fingerprint density at radius 1 is 0.935 bits per heavy atom. The van der Waals surface area contributed by atoms with Crippen LogP contribution in [0.1, 0.15) is 88.2 Å². The lowest BCUT2D eigenvalue weighted by Gasteiger charge is -2.52. The number of hydrogen-bond donors (Lipinski definition) is 1. The van der Waals surface area contributed by atoms with Crippen LogP contribution >= 0.6 is 11.8 Å². The van der Waals surface area contributed by atoms with Gasteiger partial charge in [-0.2, -0.15) is 51.3 Å². The summed E-state index contributed by atoms with van der Waals surface area (Å²) in [4.78, 5) is 2.08. The molecule has 0 aromatic heterocycles. The van der Waals surface area contributed by atoms with E-state index >= 15 is 0 Å². The number of benzene rings is 1. The number of nitrogens with zero attached hydrogens (tertiary/aromatic N) is 1. The van der Waals surface area contributed by atoms with Crippen LogP contribution in [-0.2, 0) is 6.42 Å². The summed E-state index contributed by atoms with van der Waals surface area (Å²) in [5, 5.41) is 10.2. The molecule has 3 aliphatic rings. The summed E-state index contributed by atoms with van der Waals surface area (Å²) in [6, 6.07) is 5.90. The lowest BCUT2D eigenvalue weighted by molar-refractivity contribution is -0.396. The number of thioether (sulfide) groups is 1. The second-order valence-corrected chi connectivity index (χ2v) is 15.2. The molecular weight excluding hydrogens is 641 g/mol. The van der Waals surface area contributed by atoms with E-state index in [9.17, 15) is 44.6 Å². The van der Waals surface area contributed by atoms with Gasteiger partial charge in [-0.15, -0.1) is 0 Å².